The Morgan fingerprint density at radius 2 is 1.92 bits per heavy atom. The lowest BCUT2D eigenvalue weighted by Gasteiger charge is -2.33. The number of carbonyl (C=O) groups is 1. The average Bonchev–Trinajstić information content (AvgIpc) is 2.58. The van der Waals surface area contributed by atoms with Crippen LogP contribution in [0.1, 0.15) is 27.6 Å². The summed E-state index contributed by atoms with van der Waals surface area (Å²) in [6.07, 6.45) is -0.479. The first-order valence-electron chi connectivity index (χ1n) is 7.57. The van der Waals surface area contributed by atoms with Crippen molar-refractivity contribution >= 4 is 29.1 Å². The minimum absolute atomic E-state index is 0.0350. The van der Waals surface area contributed by atoms with E-state index in [4.69, 9.17) is 27.9 Å². The van der Waals surface area contributed by atoms with Gasteiger partial charge in [-0.05, 0) is 31.2 Å². The van der Waals surface area contributed by atoms with Gasteiger partial charge in [0, 0.05) is 22.7 Å². The largest absolute Gasteiger partial charge is 0.370 e. The number of hydrogen-bond acceptors (Lipinski definition) is 2. The third-order valence-corrected chi connectivity index (χ3v) is 4.66. The molecule has 126 valence electrons. The molecule has 3 nitrogen and oxygen atoms in total. The molecule has 0 aromatic heterocycles. The second-order valence-electron chi connectivity index (χ2n) is 5.76. The standard InChI is InChI=1S/C18H16Cl2FNO2/c1-11-2-4-12(5-3-11)18(23)22-6-7-24-17(10-22)13-8-16(21)15(20)9-14(13)19/h2-5,8-9,17H,6-7,10H2,1H3. The van der Waals surface area contributed by atoms with Crippen LogP contribution in [0.15, 0.2) is 36.4 Å². The summed E-state index contributed by atoms with van der Waals surface area (Å²) >= 11 is 11.9. The summed E-state index contributed by atoms with van der Waals surface area (Å²) in [6.45, 7) is 3.13. The number of rotatable bonds is 2. The van der Waals surface area contributed by atoms with E-state index in [1.165, 1.54) is 12.1 Å². The van der Waals surface area contributed by atoms with Crippen molar-refractivity contribution in [2.75, 3.05) is 19.7 Å². The van der Waals surface area contributed by atoms with Gasteiger partial charge in [0.1, 0.15) is 11.9 Å². The van der Waals surface area contributed by atoms with Crippen LogP contribution in [0.5, 0.6) is 0 Å². The van der Waals surface area contributed by atoms with Crippen molar-refractivity contribution in [2.45, 2.75) is 13.0 Å². The SMILES string of the molecule is Cc1ccc(C(=O)N2CCOC(c3cc(F)c(Cl)cc3Cl)C2)cc1. The molecule has 2 aromatic carbocycles. The van der Waals surface area contributed by atoms with E-state index in [1.54, 1.807) is 17.0 Å². The molecule has 0 bridgehead atoms. The molecule has 1 atom stereocenters. The van der Waals surface area contributed by atoms with Crippen LogP contribution in [0, 0.1) is 12.7 Å². The van der Waals surface area contributed by atoms with Gasteiger partial charge in [0.2, 0.25) is 0 Å². The Kier molecular flexibility index (Phi) is 5.09. The normalized spacial score (nSPS) is 17.8. The summed E-state index contributed by atoms with van der Waals surface area (Å²) < 4.78 is 19.4. The van der Waals surface area contributed by atoms with Crippen molar-refractivity contribution in [3.05, 3.63) is 69.0 Å². The lowest BCUT2D eigenvalue weighted by Crippen LogP contribution is -2.42. The molecule has 1 amide bonds. The molecule has 0 spiro atoms. The van der Waals surface area contributed by atoms with Crippen LogP contribution in [-0.4, -0.2) is 30.5 Å². The number of halogens is 3. The lowest BCUT2D eigenvalue weighted by atomic mass is 10.1. The van der Waals surface area contributed by atoms with Gasteiger partial charge in [0.05, 0.1) is 18.2 Å². The highest BCUT2D eigenvalue weighted by Gasteiger charge is 2.28. The van der Waals surface area contributed by atoms with Gasteiger partial charge in [-0.25, -0.2) is 4.39 Å². The number of hydrogen-bond donors (Lipinski definition) is 0. The monoisotopic (exact) mass is 367 g/mol. The molecule has 1 aliphatic heterocycles. The molecule has 24 heavy (non-hydrogen) atoms. The van der Waals surface area contributed by atoms with Crippen LogP contribution in [0.4, 0.5) is 4.39 Å². The molecule has 1 fully saturated rings. The number of amides is 1. The smallest absolute Gasteiger partial charge is 0.254 e. The predicted octanol–water partition coefficient (Wildman–Crippen LogP) is 4.65. The van der Waals surface area contributed by atoms with Crippen LogP contribution >= 0.6 is 23.2 Å². The number of benzene rings is 2. The van der Waals surface area contributed by atoms with Gasteiger partial charge in [-0.3, -0.25) is 4.79 Å². The molecular weight excluding hydrogens is 352 g/mol. The topological polar surface area (TPSA) is 29.5 Å². The fraction of sp³-hybridized carbons (Fsp3) is 0.278. The van der Waals surface area contributed by atoms with Crippen LogP contribution in [0.2, 0.25) is 10.0 Å². The van der Waals surface area contributed by atoms with Gasteiger partial charge >= 0.3 is 0 Å². The number of ether oxygens (including phenoxy) is 1. The number of nitrogens with zero attached hydrogens (tertiary/aromatic N) is 1. The van der Waals surface area contributed by atoms with Gasteiger partial charge in [0.25, 0.3) is 5.91 Å². The molecule has 0 N–H and O–H groups in total. The zero-order valence-corrected chi connectivity index (χ0v) is 14.6. The molecular formula is C18H16Cl2FNO2. The minimum Gasteiger partial charge on any atom is -0.370 e. The van der Waals surface area contributed by atoms with Crippen LogP contribution in [0.3, 0.4) is 0 Å². The third kappa shape index (κ3) is 3.56. The van der Waals surface area contributed by atoms with E-state index in [2.05, 4.69) is 0 Å². The zero-order chi connectivity index (χ0) is 17.3. The highest BCUT2D eigenvalue weighted by molar-refractivity contribution is 6.35. The first kappa shape index (κ1) is 17.2. The lowest BCUT2D eigenvalue weighted by molar-refractivity contribution is -0.0228. The molecule has 1 heterocycles. The molecule has 1 saturated heterocycles. The van der Waals surface area contributed by atoms with E-state index in [9.17, 15) is 9.18 Å². The van der Waals surface area contributed by atoms with Crippen molar-refractivity contribution in [3.8, 4) is 0 Å². The van der Waals surface area contributed by atoms with Gasteiger partial charge in [-0.15, -0.1) is 0 Å². The number of aryl methyl sites for hydroxylation is 1. The zero-order valence-electron chi connectivity index (χ0n) is 13.1. The van der Waals surface area contributed by atoms with Crippen molar-refractivity contribution in [2.24, 2.45) is 0 Å². The van der Waals surface area contributed by atoms with Gasteiger partial charge in [-0.1, -0.05) is 40.9 Å². The first-order valence-corrected chi connectivity index (χ1v) is 8.33. The molecule has 1 aliphatic rings. The maximum atomic E-state index is 13.7. The van der Waals surface area contributed by atoms with Crippen molar-refractivity contribution in [3.63, 3.8) is 0 Å². The fourth-order valence-electron chi connectivity index (χ4n) is 2.69. The minimum atomic E-state index is -0.554. The van der Waals surface area contributed by atoms with Gasteiger partial charge < -0.3 is 9.64 Å². The Morgan fingerprint density at radius 3 is 2.62 bits per heavy atom. The fourth-order valence-corrected chi connectivity index (χ4v) is 3.19. The maximum Gasteiger partial charge on any atom is 0.254 e. The summed E-state index contributed by atoms with van der Waals surface area (Å²) in [5, 5.41) is 0.295. The third-order valence-electron chi connectivity index (χ3n) is 4.04. The molecule has 1 unspecified atom stereocenters. The van der Waals surface area contributed by atoms with Crippen molar-refractivity contribution in [1.82, 2.24) is 4.90 Å². The Balaban J connectivity index is 1.80. The van der Waals surface area contributed by atoms with Crippen molar-refractivity contribution in [1.29, 1.82) is 0 Å². The summed E-state index contributed by atoms with van der Waals surface area (Å²) in [5.41, 5.74) is 2.21. The van der Waals surface area contributed by atoms with E-state index >= 15 is 0 Å². The summed E-state index contributed by atoms with van der Waals surface area (Å²) in [7, 11) is 0. The molecule has 0 saturated carbocycles. The summed E-state index contributed by atoms with van der Waals surface area (Å²) in [6, 6.07) is 10.0. The van der Waals surface area contributed by atoms with Crippen LogP contribution in [-0.2, 0) is 4.74 Å². The van der Waals surface area contributed by atoms with E-state index in [-0.39, 0.29) is 10.9 Å². The second-order valence-corrected chi connectivity index (χ2v) is 6.58. The van der Waals surface area contributed by atoms with E-state index < -0.39 is 11.9 Å². The maximum absolute atomic E-state index is 13.7. The molecule has 0 radical (unpaired) electrons. The highest BCUT2D eigenvalue weighted by Crippen LogP contribution is 2.32. The molecule has 6 heteroatoms. The summed E-state index contributed by atoms with van der Waals surface area (Å²) in [4.78, 5) is 14.3. The van der Waals surface area contributed by atoms with Gasteiger partial charge in [-0.2, -0.15) is 0 Å². The predicted molar refractivity (Wildman–Crippen MR) is 92.2 cm³/mol. The van der Waals surface area contributed by atoms with E-state index in [1.807, 2.05) is 19.1 Å². The van der Waals surface area contributed by atoms with Crippen LogP contribution < -0.4 is 0 Å². The Labute approximate surface area is 149 Å². The average molecular weight is 368 g/mol. The Hall–Kier alpha value is -1.62. The quantitative estimate of drug-likeness (QED) is 0.722. The van der Waals surface area contributed by atoms with Crippen molar-refractivity contribution < 1.29 is 13.9 Å². The molecule has 2 aromatic rings. The highest BCUT2D eigenvalue weighted by atomic mass is 35.5. The summed E-state index contributed by atoms with van der Waals surface area (Å²) in [5.74, 6) is -0.629. The first-order chi connectivity index (χ1) is 11.5. The molecule has 0 aliphatic carbocycles. The Morgan fingerprint density at radius 1 is 1.21 bits per heavy atom. The van der Waals surface area contributed by atoms with E-state index in [0.717, 1.165) is 5.56 Å². The Bertz CT molecular complexity index is 764. The number of morpholine rings is 1. The van der Waals surface area contributed by atoms with Crippen LogP contribution in [0.25, 0.3) is 0 Å². The van der Waals surface area contributed by atoms with E-state index in [0.29, 0.717) is 35.8 Å². The number of carbonyl (C=O) groups excluding carboxylic acids is 1. The second kappa shape index (κ2) is 7.09. The van der Waals surface area contributed by atoms with Gasteiger partial charge in [0.15, 0.2) is 0 Å². The molecule has 3 rings (SSSR count).